The van der Waals surface area contributed by atoms with E-state index in [0.717, 1.165) is 23.1 Å². The smallest absolute Gasteiger partial charge is 0.416 e. The number of amidine groups is 1. The zero-order valence-electron chi connectivity index (χ0n) is 23.8. The summed E-state index contributed by atoms with van der Waals surface area (Å²) < 4.78 is 127. The van der Waals surface area contributed by atoms with Crippen molar-refractivity contribution in [3.8, 4) is 11.1 Å². The quantitative estimate of drug-likeness (QED) is 0.0822. The first-order valence-electron chi connectivity index (χ1n) is 13.3. The molecule has 3 aromatic carbocycles. The molecule has 252 valence electrons. The Morgan fingerprint density at radius 3 is 2.02 bits per heavy atom. The van der Waals surface area contributed by atoms with Gasteiger partial charge in [-0.3, -0.25) is 14.7 Å². The first-order valence-corrected chi connectivity index (χ1v) is 13.6. The van der Waals surface area contributed by atoms with E-state index in [0.29, 0.717) is 12.1 Å². The van der Waals surface area contributed by atoms with Crippen LogP contribution in [0.15, 0.2) is 59.6 Å². The summed E-state index contributed by atoms with van der Waals surface area (Å²) in [6.07, 6.45) is -18.0. The number of halogens is 10. The number of hydrazine groups is 1. The predicted molar refractivity (Wildman–Crippen MR) is 150 cm³/mol. The van der Waals surface area contributed by atoms with Crippen molar-refractivity contribution in [3.63, 3.8) is 0 Å². The molecule has 0 saturated carbocycles. The number of carbonyl (C=O) groups is 2. The number of nitrogens with one attached hydrogen (secondary N) is 1. The first-order chi connectivity index (χ1) is 21.7. The Bertz CT molecular complexity index is 1690. The summed E-state index contributed by atoms with van der Waals surface area (Å²) >= 11 is 6.41. The SMILES string of the molecule is CC1C(c2cc(C(F)(F)F)cc(C(F)(F)F)c2)OC(=O)N1Cc1cc(C(F)(F)F)ccc1-c1cc(C(=NCC(N)=O)NN)ccc1Cl. The van der Waals surface area contributed by atoms with Crippen LogP contribution in [0.3, 0.4) is 0 Å². The fourth-order valence-corrected chi connectivity index (χ4v) is 5.13. The minimum atomic E-state index is -5.17. The van der Waals surface area contributed by atoms with Crippen LogP contribution in [0.2, 0.25) is 5.02 Å². The van der Waals surface area contributed by atoms with Crippen LogP contribution in [0.25, 0.3) is 11.1 Å². The van der Waals surface area contributed by atoms with E-state index in [4.69, 9.17) is 27.9 Å². The predicted octanol–water partition coefficient (Wildman–Crippen LogP) is 6.84. The van der Waals surface area contributed by atoms with Crippen molar-refractivity contribution in [1.82, 2.24) is 10.3 Å². The maximum atomic E-state index is 13.8. The maximum absolute atomic E-state index is 13.8. The van der Waals surface area contributed by atoms with Crippen LogP contribution in [-0.2, 0) is 34.6 Å². The molecule has 4 rings (SSSR count). The van der Waals surface area contributed by atoms with Crippen LogP contribution in [0, 0.1) is 0 Å². The van der Waals surface area contributed by atoms with Crippen LogP contribution < -0.4 is 17.0 Å². The Morgan fingerprint density at radius 2 is 1.49 bits per heavy atom. The Morgan fingerprint density at radius 1 is 0.894 bits per heavy atom. The van der Waals surface area contributed by atoms with Gasteiger partial charge >= 0.3 is 24.6 Å². The number of alkyl halides is 9. The molecule has 0 spiro atoms. The summed E-state index contributed by atoms with van der Waals surface area (Å²) in [5.41, 5.74) is 2.65. The lowest BCUT2D eigenvalue weighted by Gasteiger charge is -2.24. The van der Waals surface area contributed by atoms with Crippen molar-refractivity contribution in [3.05, 3.63) is 93.0 Å². The van der Waals surface area contributed by atoms with Gasteiger partial charge in [0.2, 0.25) is 5.91 Å². The molecule has 1 aliphatic heterocycles. The van der Waals surface area contributed by atoms with Crippen molar-refractivity contribution in [2.75, 3.05) is 6.54 Å². The normalized spacial score (nSPS) is 17.6. The number of rotatable bonds is 7. The number of amides is 2. The third-order valence-corrected chi connectivity index (χ3v) is 7.49. The fourth-order valence-electron chi connectivity index (χ4n) is 4.91. The Labute approximate surface area is 265 Å². The number of benzene rings is 3. The van der Waals surface area contributed by atoms with Gasteiger partial charge in [0, 0.05) is 16.1 Å². The highest BCUT2D eigenvalue weighted by atomic mass is 35.5. The molecule has 47 heavy (non-hydrogen) atoms. The van der Waals surface area contributed by atoms with Crippen molar-refractivity contribution in [2.24, 2.45) is 16.6 Å². The second-order valence-corrected chi connectivity index (χ2v) is 10.8. The van der Waals surface area contributed by atoms with E-state index in [1.54, 1.807) is 0 Å². The summed E-state index contributed by atoms with van der Waals surface area (Å²) in [6, 6.07) is 6.22. The van der Waals surface area contributed by atoms with E-state index < -0.39 is 78.0 Å². The van der Waals surface area contributed by atoms with Gasteiger partial charge in [-0.15, -0.1) is 0 Å². The molecular formula is C29H23ClF9N5O3. The minimum absolute atomic E-state index is 0.0274. The summed E-state index contributed by atoms with van der Waals surface area (Å²) in [5.74, 6) is 4.68. The number of nitrogens with zero attached hydrogens (tertiary/aromatic N) is 2. The Balaban J connectivity index is 1.79. The molecule has 18 heteroatoms. The molecule has 2 unspecified atom stereocenters. The Hall–Kier alpha value is -4.51. The number of ether oxygens (including phenoxy) is 1. The average Bonchev–Trinajstić information content (AvgIpc) is 3.25. The fraction of sp³-hybridized carbons (Fsp3) is 0.276. The molecule has 1 saturated heterocycles. The Kier molecular flexibility index (Phi) is 9.73. The molecule has 2 amide bonds. The van der Waals surface area contributed by atoms with Gasteiger partial charge in [0.05, 0.1) is 29.3 Å². The number of hydrogen-bond acceptors (Lipinski definition) is 5. The molecule has 0 aliphatic carbocycles. The lowest BCUT2D eigenvalue weighted by atomic mass is 9.94. The second kappa shape index (κ2) is 12.9. The van der Waals surface area contributed by atoms with E-state index in [1.165, 1.54) is 25.1 Å². The highest BCUT2D eigenvalue weighted by Crippen LogP contribution is 2.42. The zero-order valence-corrected chi connectivity index (χ0v) is 24.6. The molecular weight excluding hydrogens is 673 g/mol. The number of cyclic esters (lactones) is 1. The largest absolute Gasteiger partial charge is 0.439 e. The van der Waals surface area contributed by atoms with Gasteiger partial charge in [-0.25, -0.2) is 10.6 Å². The number of carbonyl (C=O) groups excluding carboxylic acids is 2. The molecule has 1 fully saturated rings. The average molecular weight is 696 g/mol. The lowest BCUT2D eigenvalue weighted by molar-refractivity contribution is -0.143. The number of hydrogen-bond donors (Lipinski definition) is 3. The molecule has 5 N–H and O–H groups in total. The number of nitrogens with two attached hydrogens (primary N) is 2. The van der Waals surface area contributed by atoms with Gasteiger partial charge in [0.15, 0.2) is 0 Å². The summed E-state index contributed by atoms with van der Waals surface area (Å²) in [5, 5.41) is 0.0274. The second-order valence-electron chi connectivity index (χ2n) is 10.4. The van der Waals surface area contributed by atoms with Crippen LogP contribution in [0.4, 0.5) is 44.3 Å². The molecule has 8 nitrogen and oxygen atoms in total. The van der Waals surface area contributed by atoms with E-state index in [9.17, 15) is 49.1 Å². The van der Waals surface area contributed by atoms with E-state index in [1.807, 2.05) is 0 Å². The van der Waals surface area contributed by atoms with Gasteiger partial charge in [-0.1, -0.05) is 17.7 Å². The molecule has 0 radical (unpaired) electrons. The third kappa shape index (κ3) is 7.90. The summed E-state index contributed by atoms with van der Waals surface area (Å²) in [6.45, 7) is 0.174. The monoisotopic (exact) mass is 695 g/mol. The topological polar surface area (TPSA) is 123 Å². The molecule has 1 aliphatic rings. The van der Waals surface area contributed by atoms with Crippen LogP contribution >= 0.6 is 11.6 Å². The maximum Gasteiger partial charge on any atom is 0.416 e. The van der Waals surface area contributed by atoms with Gasteiger partial charge in [0.1, 0.15) is 18.5 Å². The van der Waals surface area contributed by atoms with Crippen LogP contribution in [0.1, 0.15) is 46.4 Å². The van der Waals surface area contributed by atoms with Crippen LogP contribution in [-0.4, -0.2) is 35.3 Å². The third-order valence-electron chi connectivity index (χ3n) is 7.16. The van der Waals surface area contributed by atoms with E-state index in [-0.39, 0.29) is 39.2 Å². The van der Waals surface area contributed by atoms with Crippen molar-refractivity contribution >= 4 is 29.4 Å². The highest BCUT2D eigenvalue weighted by Gasteiger charge is 2.44. The van der Waals surface area contributed by atoms with E-state index >= 15 is 0 Å². The van der Waals surface area contributed by atoms with Crippen LogP contribution in [0.5, 0.6) is 0 Å². The number of primary amides is 1. The zero-order chi connectivity index (χ0) is 35.1. The van der Waals surface area contributed by atoms with Gasteiger partial charge in [-0.05, 0) is 72.1 Å². The molecule has 0 aromatic heterocycles. The molecule has 0 bridgehead atoms. The molecule has 2 atom stereocenters. The molecule has 3 aromatic rings. The van der Waals surface area contributed by atoms with Gasteiger partial charge < -0.3 is 15.9 Å². The summed E-state index contributed by atoms with van der Waals surface area (Å²) in [7, 11) is 0. The standard InChI is InChI=1S/C29H23ClF9N5O3/c1-13-24(15-6-18(28(34,35)36)10-19(7-15)29(37,38)39)47-26(46)44(13)12-16-8-17(27(31,32)33)3-4-20(16)21-9-14(2-5-22(21)30)25(43-41)42-11-23(40)45/h2-10,13,24H,11-12,41H2,1H3,(H2,40,45)(H,42,43). The van der Waals surface area contributed by atoms with Gasteiger partial charge in [0.25, 0.3) is 0 Å². The van der Waals surface area contributed by atoms with Crippen molar-refractivity contribution < 1.29 is 53.8 Å². The summed E-state index contributed by atoms with van der Waals surface area (Å²) in [4.78, 5) is 29.0. The molecule has 1 heterocycles. The lowest BCUT2D eigenvalue weighted by Crippen LogP contribution is -2.32. The van der Waals surface area contributed by atoms with Crippen molar-refractivity contribution in [2.45, 2.75) is 44.1 Å². The van der Waals surface area contributed by atoms with Gasteiger partial charge in [-0.2, -0.15) is 39.5 Å². The van der Waals surface area contributed by atoms with Crippen molar-refractivity contribution in [1.29, 1.82) is 0 Å². The highest BCUT2D eigenvalue weighted by molar-refractivity contribution is 6.33. The minimum Gasteiger partial charge on any atom is -0.439 e. The number of aliphatic imine (C=N–C) groups is 1. The first kappa shape index (κ1) is 35.3. The van der Waals surface area contributed by atoms with E-state index in [2.05, 4.69) is 10.4 Å².